The molecule has 0 aliphatic heterocycles. The maximum absolute atomic E-state index is 12.0. The van der Waals surface area contributed by atoms with Crippen LogP contribution in [0.3, 0.4) is 0 Å². The van der Waals surface area contributed by atoms with Crippen molar-refractivity contribution in [2.45, 2.75) is 13.8 Å². The molecule has 94 valence electrons. The fraction of sp³-hybridized carbons (Fsp3) is 0.167. The third kappa shape index (κ3) is 2.31. The number of nitrogens with one attached hydrogen (secondary N) is 2. The van der Waals surface area contributed by atoms with Crippen LogP contribution in [0.4, 0.5) is 11.4 Å². The van der Waals surface area contributed by atoms with E-state index in [1.54, 1.807) is 19.1 Å². The van der Waals surface area contributed by atoms with Gasteiger partial charge < -0.3 is 11.1 Å². The number of carbonyl (C=O) groups excluding carboxylic acids is 1. The lowest BCUT2D eigenvalue weighted by Crippen LogP contribution is -2.15. The van der Waals surface area contributed by atoms with E-state index in [2.05, 4.69) is 15.5 Å². The summed E-state index contributed by atoms with van der Waals surface area (Å²) in [6, 6.07) is 5.28. The Hall–Kier alpha value is -2.01. The van der Waals surface area contributed by atoms with Crippen LogP contribution in [0, 0.1) is 13.8 Å². The average Bonchev–Trinajstić information content (AvgIpc) is 2.65. The summed E-state index contributed by atoms with van der Waals surface area (Å²) in [6.07, 6.45) is 0. The lowest BCUT2D eigenvalue weighted by molar-refractivity contribution is 0.102. The third-order valence-electron chi connectivity index (χ3n) is 2.66. The zero-order chi connectivity index (χ0) is 13.3. The van der Waals surface area contributed by atoms with Gasteiger partial charge in [0.05, 0.1) is 11.4 Å². The molecule has 4 N–H and O–H groups in total. The highest BCUT2D eigenvalue weighted by Crippen LogP contribution is 2.21. The third-order valence-corrected chi connectivity index (χ3v) is 2.89. The minimum Gasteiger partial charge on any atom is -0.395 e. The number of amides is 1. The van der Waals surface area contributed by atoms with Gasteiger partial charge in [-0.3, -0.25) is 9.89 Å². The molecule has 6 heteroatoms. The lowest BCUT2D eigenvalue weighted by Gasteiger charge is -2.07. The van der Waals surface area contributed by atoms with Crippen molar-refractivity contribution in [3.8, 4) is 0 Å². The van der Waals surface area contributed by atoms with Crippen molar-refractivity contribution in [3.05, 3.63) is 40.2 Å². The van der Waals surface area contributed by atoms with Gasteiger partial charge in [-0.2, -0.15) is 5.10 Å². The van der Waals surface area contributed by atoms with Gasteiger partial charge in [-0.1, -0.05) is 17.7 Å². The molecule has 0 spiro atoms. The van der Waals surface area contributed by atoms with Gasteiger partial charge in [0.15, 0.2) is 5.69 Å². The molecular weight excluding hydrogens is 252 g/mol. The lowest BCUT2D eigenvalue weighted by atomic mass is 10.2. The summed E-state index contributed by atoms with van der Waals surface area (Å²) in [6.45, 7) is 3.63. The molecular formula is C12H13ClN4O. The minimum absolute atomic E-state index is 0.187. The van der Waals surface area contributed by atoms with Crippen LogP contribution < -0.4 is 11.1 Å². The molecule has 0 fully saturated rings. The quantitative estimate of drug-likeness (QED) is 0.779. The minimum atomic E-state index is -0.359. The van der Waals surface area contributed by atoms with E-state index in [4.69, 9.17) is 17.3 Å². The van der Waals surface area contributed by atoms with Gasteiger partial charge in [-0.15, -0.1) is 0 Å². The molecule has 0 saturated carbocycles. The first-order chi connectivity index (χ1) is 8.49. The predicted molar refractivity (Wildman–Crippen MR) is 71.9 cm³/mol. The zero-order valence-electron chi connectivity index (χ0n) is 10.0. The van der Waals surface area contributed by atoms with Crippen LogP contribution in [0.2, 0.25) is 5.02 Å². The molecule has 1 aromatic carbocycles. The van der Waals surface area contributed by atoms with E-state index in [1.165, 1.54) is 0 Å². The van der Waals surface area contributed by atoms with Crippen molar-refractivity contribution in [1.82, 2.24) is 10.2 Å². The number of halogens is 1. The number of aryl methyl sites for hydroxylation is 2. The number of anilines is 2. The monoisotopic (exact) mass is 264 g/mol. The summed E-state index contributed by atoms with van der Waals surface area (Å²) in [5.41, 5.74) is 8.52. The van der Waals surface area contributed by atoms with E-state index in [9.17, 15) is 4.79 Å². The van der Waals surface area contributed by atoms with Gasteiger partial charge >= 0.3 is 0 Å². The van der Waals surface area contributed by atoms with E-state index >= 15 is 0 Å². The smallest absolute Gasteiger partial charge is 0.278 e. The second-order valence-corrected chi connectivity index (χ2v) is 4.46. The maximum Gasteiger partial charge on any atom is 0.278 e. The summed E-state index contributed by atoms with van der Waals surface area (Å²) in [5.74, 6) is -0.359. The van der Waals surface area contributed by atoms with Gasteiger partial charge in [-0.05, 0) is 31.5 Å². The van der Waals surface area contributed by atoms with Crippen molar-refractivity contribution in [3.63, 3.8) is 0 Å². The first kappa shape index (κ1) is 12.4. The van der Waals surface area contributed by atoms with Crippen molar-refractivity contribution in [2.75, 3.05) is 11.1 Å². The fourth-order valence-corrected chi connectivity index (χ4v) is 1.69. The molecule has 0 radical (unpaired) electrons. The van der Waals surface area contributed by atoms with Gasteiger partial charge in [0.1, 0.15) is 0 Å². The van der Waals surface area contributed by atoms with Gasteiger partial charge in [0.25, 0.3) is 5.91 Å². The van der Waals surface area contributed by atoms with E-state index in [-0.39, 0.29) is 11.6 Å². The second kappa shape index (κ2) is 4.70. The molecule has 2 rings (SSSR count). The highest BCUT2D eigenvalue weighted by molar-refractivity contribution is 6.31. The molecule has 0 unspecified atom stereocenters. The van der Waals surface area contributed by atoms with Crippen molar-refractivity contribution in [2.24, 2.45) is 0 Å². The molecule has 0 aliphatic carbocycles. The van der Waals surface area contributed by atoms with E-state index < -0.39 is 0 Å². The molecule has 1 amide bonds. The Balaban J connectivity index is 2.27. The number of aromatic amines is 1. The SMILES string of the molecule is Cc1ccc(Cl)cc1NC(=O)c1n[nH]c(C)c1N. The van der Waals surface area contributed by atoms with Crippen LogP contribution in [-0.2, 0) is 0 Å². The normalized spacial score (nSPS) is 10.4. The number of nitrogens with two attached hydrogens (primary N) is 1. The van der Waals surface area contributed by atoms with E-state index in [1.807, 2.05) is 13.0 Å². The maximum atomic E-state index is 12.0. The van der Waals surface area contributed by atoms with Crippen LogP contribution in [0.5, 0.6) is 0 Å². The number of hydrogen-bond donors (Lipinski definition) is 3. The molecule has 0 atom stereocenters. The van der Waals surface area contributed by atoms with Gasteiger partial charge in [0, 0.05) is 10.7 Å². The summed E-state index contributed by atoms with van der Waals surface area (Å²) in [5, 5.41) is 9.83. The molecule has 0 bridgehead atoms. The van der Waals surface area contributed by atoms with Crippen molar-refractivity contribution in [1.29, 1.82) is 0 Å². The average molecular weight is 265 g/mol. The molecule has 0 aliphatic rings. The van der Waals surface area contributed by atoms with Crippen LogP contribution in [-0.4, -0.2) is 16.1 Å². The number of rotatable bonds is 2. The standard InChI is InChI=1S/C12H13ClN4O/c1-6-3-4-8(13)5-9(6)15-12(18)11-10(14)7(2)16-17-11/h3-5H,14H2,1-2H3,(H,15,18)(H,16,17). The summed E-state index contributed by atoms with van der Waals surface area (Å²) in [7, 11) is 0. The Morgan fingerprint density at radius 2 is 2.17 bits per heavy atom. The highest BCUT2D eigenvalue weighted by atomic mass is 35.5. The first-order valence-corrected chi connectivity index (χ1v) is 5.74. The van der Waals surface area contributed by atoms with E-state index in [0.717, 1.165) is 5.56 Å². The Kier molecular flexibility index (Phi) is 3.25. The van der Waals surface area contributed by atoms with Gasteiger partial charge in [0.2, 0.25) is 0 Å². The Morgan fingerprint density at radius 3 is 2.78 bits per heavy atom. The summed E-state index contributed by atoms with van der Waals surface area (Å²) < 4.78 is 0. The molecule has 2 aromatic rings. The van der Waals surface area contributed by atoms with Crippen LogP contribution in [0.25, 0.3) is 0 Å². The molecule has 18 heavy (non-hydrogen) atoms. The predicted octanol–water partition coefficient (Wildman–Crippen LogP) is 2.51. The number of H-pyrrole nitrogens is 1. The number of nitrogens with zero attached hydrogens (tertiary/aromatic N) is 1. The molecule has 1 aromatic heterocycles. The van der Waals surface area contributed by atoms with Crippen LogP contribution >= 0.6 is 11.6 Å². The molecule has 0 saturated heterocycles. The number of nitrogen functional groups attached to an aromatic ring is 1. The summed E-state index contributed by atoms with van der Waals surface area (Å²) in [4.78, 5) is 12.0. The van der Waals surface area contributed by atoms with Crippen LogP contribution in [0.15, 0.2) is 18.2 Å². The first-order valence-electron chi connectivity index (χ1n) is 5.37. The Labute approximate surface area is 109 Å². The fourth-order valence-electron chi connectivity index (χ4n) is 1.52. The largest absolute Gasteiger partial charge is 0.395 e. The second-order valence-electron chi connectivity index (χ2n) is 4.02. The zero-order valence-corrected chi connectivity index (χ0v) is 10.8. The van der Waals surface area contributed by atoms with Crippen molar-refractivity contribution >= 4 is 28.9 Å². The summed E-state index contributed by atoms with van der Waals surface area (Å²) >= 11 is 5.88. The topological polar surface area (TPSA) is 83.8 Å². The molecule has 5 nitrogen and oxygen atoms in total. The van der Waals surface area contributed by atoms with E-state index in [0.29, 0.717) is 22.1 Å². The Morgan fingerprint density at radius 1 is 1.44 bits per heavy atom. The Bertz CT molecular complexity index is 606. The van der Waals surface area contributed by atoms with Crippen molar-refractivity contribution < 1.29 is 4.79 Å². The number of benzene rings is 1. The van der Waals surface area contributed by atoms with Crippen LogP contribution in [0.1, 0.15) is 21.7 Å². The number of carbonyl (C=O) groups is 1. The van der Waals surface area contributed by atoms with Gasteiger partial charge in [-0.25, -0.2) is 0 Å². The highest BCUT2D eigenvalue weighted by Gasteiger charge is 2.16. The number of hydrogen-bond acceptors (Lipinski definition) is 3. The number of aromatic nitrogens is 2. The molecule has 1 heterocycles.